The van der Waals surface area contributed by atoms with Gasteiger partial charge < -0.3 is 15.5 Å². The summed E-state index contributed by atoms with van der Waals surface area (Å²) in [7, 11) is 0. The van der Waals surface area contributed by atoms with Gasteiger partial charge in [-0.3, -0.25) is 4.98 Å². The van der Waals surface area contributed by atoms with Gasteiger partial charge in [0.15, 0.2) is 6.54 Å². The van der Waals surface area contributed by atoms with Crippen LogP contribution in [0.2, 0.25) is 0 Å². The summed E-state index contributed by atoms with van der Waals surface area (Å²) in [6.45, 7) is 5.89. The highest BCUT2D eigenvalue weighted by Gasteiger charge is 2.17. The van der Waals surface area contributed by atoms with E-state index in [4.69, 9.17) is 5.73 Å². The minimum Gasteiger partial charge on any atom is -0.623 e. The Kier molecular flexibility index (Phi) is 5.32. The molecule has 2 aromatic heterocycles. The summed E-state index contributed by atoms with van der Waals surface area (Å²) in [6, 6.07) is 17.9. The summed E-state index contributed by atoms with van der Waals surface area (Å²) in [6.07, 6.45) is 2.60. The van der Waals surface area contributed by atoms with Crippen molar-refractivity contribution in [2.75, 3.05) is 6.54 Å². The first-order valence-electron chi connectivity index (χ1n) is 10.0. The number of hydroxylamine groups is 1. The average Bonchev–Trinajstić information content (AvgIpc) is 2.74. The number of pyridine rings is 2. The molecule has 0 amide bonds. The van der Waals surface area contributed by atoms with Gasteiger partial charge in [-0.15, -0.1) is 0 Å². The molecule has 0 bridgehead atoms. The molecule has 4 aromatic rings. The zero-order chi connectivity index (χ0) is 20.4. The molecule has 148 valence electrons. The van der Waals surface area contributed by atoms with Crippen molar-refractivity contribution in [2.45, 2.75) is 33.4 Å². The quantitative estimate of drug-likeness (QED) is 0.323. The fourth-order valence-electron chi connectivity index (χ4n) is 3.98. The van der Waals surface area contributed by atoms with Crippen LogP contribution in [0.25, 0.3) is 21.8 Å². The maximum absolute atomic E-state index is 13.4. The van der Waals surface area contributed by atoms with Gasteiger partial charge in [0, 0.05) is 12.7 Å². The first kappa shape index (κ1) is 19.2. The van der Waals surface area contributed by atoms with Crippen LogP contribution in [0.5, 0.6) is 0 Å². The summed E-state index contributed by atoms with van der Waals surface area (Å²) in [5, 5.41) is 16.0. The molecular formula is C24H26N4O. The Hall–Kier alpha value is -3.18. The zero-order valence-electron chi connectivity index (χ0n) is 16.9. The number of rotatable bonds is 5. The van der Waals surface area contributed by atoms with Crippen molar-refractivity contribution in [1.82, 2.24) is 14.3 Å². The third-order valence-electron chi connectivity index (χ3n) is 5.54. The predicted octanol–water partition coefficient (Wildman–Crippen LogP) is 3.63. The summed E-state index contributed by atoms with van der Waals surface area (Å²) in [5.74, 6) is 0. The third kappa shape index (κ3) is 3.49. The Bertz CT molecular complexity index is 1240. The molecule has 0 fully saturated rings. The lowest BCUT2D eigenvalue weighted by Gasteiger charge is -2.19. The minimum atomic E-state index is 0.208. The zero-order valence-corrected chi connectivity index (χ0v) is 16.9. The standard InChI is InChI=1S/C24H26N4O/c1-17-11-12-21-23(18(17)2)27(15-7-13-25)22-10-4-3-9-20(22)24(21)28(29)16-19-8-5-6-14-26-19/h3-6,8-12,14H,7,13,15-16,25H2,1-2H3/b28-24+. The lowest BCUT2D eigenvalue weighted by atomic mass is 10.0. The molecule has 0 aliphatic heterocycles. The summed E-state index contributed by atoms with van der Waals surface area (Å²) >= 11 is 0. The van der Waals surface area contributed by atoms with E-state index in [0.717, 1.165) is 45.2 Å². The van der Waals surface area contributed by atoms with Crippen LogP contribution in [0.15, 0.2) is 60.8 Å². The van der Waals surface area contributed by atoms with Crippen LogP contribution in [0.4, 0.5) is 0 Å². The molecule has 0 unspecified atom stereocenters. The fourth-order valence-corrected chi connectivity index (χ4v) is 3.98. The molecule has 0 spiro atoms. The lowest BCUT2D eigenvalue weighted by molar-refractivity contribution is 0.679. The van der Waals surface area contributed by atoms with Crippen LogP contribution >= 0.6 is 0 Å². The van der Waals surface area contributed by atoms with E-state index in [1.165, 1.54) is 11.1 Å². The first-order valence-corrected chi connectivity index (χ1v) is 10.0. The van der Waals surface area contributed by atoms with Gasteiger partial charge in [0.1, 0.15) is 5.69 Å². The SMILES string of the molecule is Cc1ccc2/c(=[N+](/[O-])Cc3ccccn3)c3ccccc3n(CCCN)c2c1C. The van der Waals surface area contributed by atoms with Gasteiger partial charge in [-0.25, -0.2) is 0 Å². The van der Waals surface area contributed by atoms with Gasteiger partial charge in [-0.2, -0.15) is 4.74 Å². The van der Waals surface area contributed by atoms with Gasteiger partial charge in [-0.05, 0) is 68.3 Å². The molecule has 0 saturated carbocycles. The molecule has 0 aliphatic rings. The molecular weight excluding hydrogens is 360 g/mol. The van der Waals surface area contributed by atoms with E-state index in [-0.39, 0.29) is 6.54 Å². The van der Waals surface area contributed by atoms with E-state index in [9.17, 15) is 5.21 Å². The van der Waals surface area contributed by atoms with E-state index >= 15 is 0 Å². The molecule has 29 heavy (non-hydrogen) atoms. The Morgan fingerprint density at radius 1 is 1.00 bits per heavy atom. The van der Waals surface area contributed by atoms with Crippen LogP contribution in [-0.2, 0) is 13.1 Å². The largest absolute Gasteiger partial charge is 0.623 e. The second kappa shape index (κ2) is 8.05. The van der Waals surface area contributed by atoms with Crippen molar-refractivity contribution < 1.29 is 0 Å². The van der Waals surface area contributed by atoms with E-state index in [0.29, 0.717) is 11.9 Å². The number of fused-ring (bicyclic) bond motifs is 2. The normalized spacial score (nSPS) is 12.5. The third-order valence-corrected chi connectivity index (χ3v) is 5.54. The smallest absolute Gasteiger partial charge is 0.230 e. The Morgan fingerprint density at radius 2 is 1.79 bits per heavy atom. The maximum atomic E-state index is 13.4. The van der Waals surface area contributed by atoms with Gasteiger partial charge in [0.05, 0.1) is 21.8 Å². The number of aryl methyl sites for hydroxylation is 3. The van der Waals surface area contributed by atoms with Gasteiger partial charge in [-0.1, -0.05) is 24.3 Å². The monoisotopic (exact) mass is 386 g/mol. The minimum absolute atomic E-state index is 0.208. The first-order chi connectivity index (χ1) is 14.1. The molecule has 0 saturated heterocycles. The van der Waals surface area contributed by atoms with Crippen molar-refractivity contribution in [3.05, 3.63) is 88.2 Å². The molecule has 5 heteroatoms. The summed E-state index contributed by atoms with van der Waals surface area (Å²) in [4.78, 5) is 4.33. The number of hydrogen-bond acceptors (Lipinski definition) is 3. The molecule has 4 rings (SSSR count). The van der Waals surface area contributed by atoms with Gasteiger partial charge in [0.25, 0.3) is 0 Å². The van der Waals surface area contributed by atoms with Crippen LogP contribution < -0.4 is 15.8 Å². The highest BCUT2D eigenvalue weighted by Crippen LogP contribution is 2.24. The molecule has 0 aliphatic carbocycles. The van der Waals surface area contributed by atoms with Crippen molar-refractivity contribution in [3.63, 3.8) is 0 Å². The highest BCUT2D eigenvalue weighted by atomic mass is 16.5. The van der Waals surface area contributed by atoms with E-state index < -0.39 is 0 Å². The van der Waals surface area contributed by atoms with Crippen LogP contribution in [-0.4, -0.2) is 16.1 Å². The summed E-state index contributed by atoms with van der Waals surface area (Å²) in [5.41, 5.74) is 11.1. The number of nitrogens with zero attached hydrogens (tertiary/aromatic N) is 3. The van der Waals surface area contributed by atoms with Crippen molar-refractivity contribution in [2.24, 2.45) is 5.73 Å². The topological polar surface area (TPSA) is 69.9 Å². The lowest BCUT2D eigenvalue weighted by Crippen LogP contribution is -2.28. The predicted molar refractivity (Wildman–Crippen MR) is 119 cm³/mol. The van der Waals surface area contributed by atoms with Gasteiger partial charge >= 0.3 is 0 Å². The molecule has 0 radical (unpaired) electrons. The molecule has 5 nitrogen and oxygen atoms in total. The maximum Gasteiger partial charge on any atom is 0.230 e. The second-order valence-corrected chi connectivity index (χ2v) is 7.42. The van der Waals surface area contributed by atoms with E-state index in [2.05, 4.69) is 41.6 Å². The van der Waals surface area contributed by atoms with Crippen LogP contribution in [0, 0.1) is 19.1 Å². The second-order valence-electron chi connectivity index (χ2n) is 7.42. The van der Waals surface area contributed by atoms with E-state index in [1.807, 2.05) is 36.4 Å². The van der Waals surface area contributed by atoms with Crippen molar-refractivity contribution in [3.8, 4) is 0 Å². The number of benzene rings is 2. The molecule has 2 N–H and O–H groups in total. The van der Waals surface area contributed by atoms with Crippen molar-refractivity contribution in [1.29, 1.82) is 0 Å². The Labute approximate surface area is 170 Å². The molecule has 0 atom stereocenters. The van der Waals surface area contributed by atoms with Crippen LogP contribution in [0.1, 0.15) is 23.2 Å². The van der Waals surface area contributed by atoms with Gasteiger partial charge in [0.2, 0.25) is 5.36 Å². The Balaban J connectivity index is 2.14. The molecule has 2 aromatic carbocycles. The fraction of sp³-hybridized carbons (Fsp3) is 0.250. The van der Waals surface area contributed by atoms with Crippen molar-refractivity contribution >= 4 is 21.8 Å². The number of para-hydroxylation sites is 1. The average molecular weight is 386 g/mol. The Morgan fingerprint density at radius 3 is 2.55 bits per heavy atom. The van der Waals surface area contributed by atoms with E-state index in [1.54, 1.807) is 6.20 Å². The summed E-state index contributed by atoms with van der Waals surface area (Å²) < 4.78 is 3.40. The number of aromatic nitrogens is 2. The van der Waals surface area contributed by atoms with Crippen LogP contribution in [0.3, 0.4) is 0 Å². The number of nitrogens with two attached hydrogens (primary N) is 1. The molecule has 2 heterocycles. The number of hydrogen-bond donors (Lipinski definition) is 1. The highest BCUT2D eigenvalue weighted by molar-refractivity contribution is 5.95.